The van der Waals surface area contributed by atoms with Gasteiger partial charge >= 0.3 is 0 Å². The SMILES string of the molecule is N/C(=C\[N+](=O)[O-])c1ccc(F)c(F)c1. The number of nitrogens with two attached hydrogens (primary N) is 1. The number of halogens is 2. The molecular weight excluding hydrogens is 194 g/mol. The van der Waals surface area contributed by atoms with Crippen LogP contribution in [0.2, 0.25) is 0 Å². The summed E-state index contributed by atoms with van der Waals surface area (Å²) in [5.74, 6) is -2.12. The van der Waals surface area contributed by atoms with Crippen LogP contribution in [0.3, 0.4) is 0 Å². The standard InChI is InChI=1S/C8H6F2N2O2/c9-6-2-1-5(3-7(6)10)8(11)4-12(13)14/h1-4H,11H2/b8-4-. The Hall–Kier alpha value is -1.98. The van der Waals surface area contributed by atoms with Gasteiger partial charge in [-0.25, -0.2) is 8.78 Å². The van der Waals surface area contributed by atoms with Crippen LogP contribution in [-0.4, -0.2) is 4.92 Å². The lowest BCUT2D eigenvalue weighted by Gasteiger charge is -1.99. The molecule has 0 bridgehead atoms. The van der Waals surface area contributed by atoms with Crippen LogP contribution in [-0.2, 0) is 0 Å². The zero-order valence-corrected chi connectivity index (χ0v) is 6.91. The Kier molecular flexibility index (Phi) is 2.76. The van der Waals surface area contributed by atoms with Crippen LogP contribution in [0.4, 0.5) is 8.78 Å². The number of benzene rings is 1. The third kappa shape index (κ3) is 2.25. The molecule has 0 amide bonds. The van der Waals surface area contributed by atoms with E-state index in [0.717, 1.165) is 18.2 Å². The van der Waals surface area contributed by atoms with Crippen molar-refractivity contribution in [3.8, 4) is 0 Å². The molecule has 0 aliphatic heterocycles. The van der Waals surface area contributed by atoms with E-state index in [2.05, 4.69) is 0 Å². The van der Waals surface area contributed by atoms with Gasteiger partial charge in [0, 0.05) is 5.56 Å². The summed E-state index contributed by atoms with van der Waals surface area (Å²) in [7, 11) is 0. The first kappa shape index (κ1) is 10.1. The highest BCUT2D eigenvalue weighted by Gasteiger charge is 2.06. The molecule has 0 spiro atoms. The first-order valence-corrected chi connectivity index (χ1v) is 3.57. The van der Waals surface area contributed by atoms with E-state index in [1.807, 2.05) is 0 Å². The Morgan fingerprint density at radius 3 is 2.57 bits per heavy atom. The molecule has 1 aromatic rings. The monoisotopic (exact) mass is 200 g/mol. The molecule has 2 N–H and O–H groups in total. The molecule has 6 heteroatoms. The maximum Gasteiger partial charge on any atom is 0.257 e. The lowest BCUT2D eigenvalue weighted by atomic mass is 10.1. The van der Waals surface area contributed by atoms with Crippen LogP contribution in [0.15, 0.2) is 24.4 Å². The van der Waals surface area contributed by atoms with Crippen molar-refractivity contribution in [1.29, 1.82) is 0 Å². The summed E-state index contributed by atoms with van der Waals surface area (Å²) >= 11 is 0. The third-order valence-electron chi connectivity index (χ3n) is 1.50. The molecular formula is C8H6F2N2O2. The molecule has 0 radical (unpaired) electrons. The molecule has 0 aliphatic carbocycles. The van der Waals surface area contributed by atoms with Gasteiger partial charge in [-0.05, 0) is 18.2 Å². The number of hydrogen-bond acceptors (Lipinski definition) is 3. The van der Waals surface area contributed by atoms with Crippen molar-refractivity contribution >= 4 is 5.70 Å². The molecule has 4 nitrogen and oxygen atoms in total. The summed E-state index contributed by atoms with van der Waals surface area (Å²) in [5.41, 5.74) is 5.09. The third-order valence-corrected chi connectivity index (χ3v) is 1.50. The van der Waals surface area contributed by atoms with Crippen molar-refractivity contribution < 1.29 is 13.7 Å². The fourth-order valence-electron chi connectivity index (χ4n) is 0.864. The second-order valence-corrected chi connectivity index (χ2v) is 2.50. The average Bonchev–Trinajstić information content (AvgIpc) is 2.08. The number of rotatable bonds is 2. The zero-order valence-electron chi connectivity index (χ0n) is 6.91. The molecule has 0 atom stereocenters. The van der Waals surface area contributed by atoms with Crippen LogP contribution in [0.25, 0.3) is 5.70 Å². The van der Waals surface area contributed by atoms with Gasteiger partial charge in [-0.3, -0.25) is 10.1 Å². The molecule has 0 aliphatic rings. The van der Waals surface area contributed by atoms with Crippen molar-refractivity contribution in [2.24, 2.45) is 5.73 Å². The van der Waals surface area contributed by atoms with Crippen LogP contribution >= 0.6 is 0 Å². The molecule has 0 saturated heterocycles. The molecule has 0 aromatic heterocycles. The minimum Gasteiger partial charge on any atom is -0.393 e. The number of hydrogen-bond donors (Lipinski definition) is 1. The van der Waals surface area contributed by atoms with Gasteiger partial charge in [0.15, 0.2) is 11.6 Å². The predicted octanol–water partition coefficient (Wildman–Crippen LogP) is 1.50. The maximum absolute atomic E-state index is 12.6. The summed E-state index contributed by atoms with van der Waals surface area (Å²) in [5, 5.41) is 10.0. The molecule has 14 heavy (non-hydrogen) atoms. The summed E-state index contributed by atoms with van der Waals surface area (Å²) < 4.78 is 25.1. The van der Waals surface area contributed by atoms with Crippen molar-refractivity contribution in [2.45, 2.75) is 0 Å². The maximum atomic E-state index is 12.6. The van der Waals surface area contributed by atoms with Crippen molar-refractivity contribution in [2.75, 3.05) is 0 Å². The van der Waals surface area contributed by atoms with E-state index >= 15 is 0 Å². The largest absolute Gasteiger partial charge is 0.393 e. The lowest BCUT2D eigenvalue weighted by Crippen LogP contribution is -2.01. The topological polar surface area (TPSA) is 69.2 Å². The highest BCUT2D eigenvalue weighted by atomic mass is 19.2. The van der Waals surface area contributed by atoms with Crippen LogP contribution in [0.1, 0.15) is 5.56 Å². The molecule has 0 saturated carbocycles. The summed E-state index contributed by atoms with van der Waals surface area (Å²) in [4.78, 5) is 9.25. The van der Waals surface area contributed by atoms with Crippen LogP contribution in [0.5, 0.6) is 0 Å². The second kappa shape index (κ2) is 3.82. The summed E-state index contributed by atoms with van der Waals surface area (Å²) in [6.45, 7) is 0. The minimum absolute atomic E-state index is 0.0700. The minimum atomic E-state index is -1.10. The molecule has 0 unspecified atom stereocenters. The van der Waals surface area contributed by atoms with E-state index in [4.69, 9.17) is 5.73 Å². The first-order valence-electron chi connectivity index (χ1n) is 3.57. The van der Waals surface area contributed by atoms with E-state index in [9.17, 15) is 18.9 Å². The van der Waals surface area contributed by atoms with Gasteiger partial charge in [-0.15, -0.1) is 0 Å². The van der Waals surface area contributed by atoms with Crippen molar-refractivity contribution in [3.05, 3.63) is 51.7 Å². The van der Waals surface area contributed by atoms with E-state index in [1.54, 1.807) is 0 Å². The van der Waals surface area contributed by atoms with Gasteiger partial charge in [0.1, 0.15) is 5.70 Å². The van der Waals surface area contributed by atoms with Gasteiger partial charge < -0.3 is 5.73 Å². The smallest absolute Gasteiger partial charge is 0.257 e. The van der Waals surface area contributed by atoms with Gasteiger partial charge in [-0.1, -0.05) is 0 Å². The second-order valence-electron chi connectivity index (χ2n) is 2.50. The van der Waals surface area contributed by atoms with Crippen LogP contribution in [0, 0.1) is 21.7 Å². The summed E-state index contributed by atoms with van der Waals surface area (Å²) in [6.07, 6.45) is 0.521. The summed E-state index contributed by atoms with van der Waals surface area (Å²) in [6, 6.07) is 2.81. The fraction of sp³-hybridized carbons (Fsp3) is 0. The van der Waals surface area contributed by atoms with E-state index in [0.29, 0.717) is 6.20 Å². The Labute approximate surface area is 77.8 Å². The Bertz CT molecular complexity index is 404. The quantitative estimate of drug-likeness (QED) is 0.580. The van der Waals surface area contributed by atoms with Gasteiger partial charge in [0.2, 0.25) is 0 Å². The van der Waals surface area contributed by atoms with Crippen molar-refractivity contribution in [3.63, 3.8) is 0 Å². The molecule has 74 valence electrons. The average molecular weight is 200 g/mol. The van der Waals surface area contributed by atoms with E-state index in [1.165, 1.54) is 0 Å². The Morgan fingerprint density at radius 1 is 1.43 bits per heavy atom. The normalized spacial score (nSPS) is 11.4. The molecule has 1 aromatic carbocycles. The molecule has 0 fully saturated rings. The van der Waals surface area contributed by atoms with Gasteiger partial charge in [0.05, 0.1) is 4.92 Å². The van der Waals surface area contributed by atoms with E-state index in [-0.39, 0.29) is 11.3 Å². The highest BCUT2D eigenvalue weighted by Crippen LogP contribution is 2.13. The highest BCUT2D eigenvalue weighted by molar-refractivity contribution is 5.61. The van der Waals surface area contributed by atoms with Crippen molar-refractivity contribution in [1.82, 2.24) is 0 Å². The fourth-order valence-corrected chi connectivity index (χ4v) is 0.864. The van der Waals surface area contributed by atoms with Crippen LogP contribution < -0.4 is 5.73 Å². The number of nitro groups is 1. The number of nitrogens with zero attached hydrogens (tertiary/aromatic N) is 1. The van der Waals surface area contributed by atoms with E-state index < -0.39 is 16.6 Å². The molecule has 1 rings (SSSR count). The van der Waals surface area contributed by atoms with Gasteiger partial charge in [-0.2, -0.15) is 0 Å². The first-order chi connectivity index (χ1) is 6.50. The Balaban J connectivity index is 3.09. The Morgan fingerprint density at radius 2 is 2.07 bits per heavy atom. The predicted molar refractivity (Wildman–Crippen MR) is 45.5 cm³/mol. The lowest BCUT2D eigenvalue weighted by molar-refractivity contribution is -0.401. The molecule has 0 heterocycles. The zero-order chi connectivity index (χ0) is 10.7. The van der Waals surface area contributed by atoms with Gasteiger partial charge in [0.25, 0.3) is 6.20 Å².